The molecule has 2 amide bonds. The average Bonchev–Trinajstić information content (AvgIpc) is 3.20. The highest BCUT2D eigenvalue weighted by Gasteiger charge is 2.37. The lowest BCUT2D eigenvalue weighted by atomic mass is 10.2. The van der Waals surface area contributed by atoms with Gasteiger partial charge in [-0.3, -0.25) is 14.7 Å². The number of nitrogens with zero attached hydrogens (tertiary/aromatic N) is 5. The van der Waals surface area contributed by atoms with E-state index in [1.807, 2.05) is 20.8 Å². The van der Waals surface area contributed by atoms with Crippen molar-refractivity contribution in [3.63, 3.8) is 0 Å². The van der Waals surface area contributed by atoms with E-state index < -0.39 is 15.6 Å². The Labute approximate surface area is 201 Å². The second-order valence-corrected chi connectivity index (χ2v) is 11.7. The quantitative estimate of drug-likeness (QED) is 0.631. The second-order valence-electron chi connectivity index (χ2n) is 9.81. The Kier molecular flexibility index (Phi) is 6.97. The van der Waals surface area contributed by atoms with Gasteiger partial charge in [-0.2, -0.15) is 4.31 Å². The number of carbonyl (C=O) groups is 2. The number of rotatable bonds is 4. The van der Waals surface area contributed by atoms with Crippen molar-refractivity contribution in [1.82, 2.24) is 14.1 Å². The first kappa shape index (κ1) is 24.6. The highest BCUT2D eigenvalue weighted by Crippen LogP contribution is 2.27. The van der Waals surface area contributed by atoms with E-state index in [0.29, 0.717) is 57.9 Å². The predicted octanol–water partition coefficient (Wildman–Crippen LogP) is 1.42. The average molecular weight is 492 g/mol. The fourth-order valence-corrected chi connectivity index (χ4v) is 5.81. The van der Waals surface area contributed by atoms with Crippen molar-refractivity contribution < 1.29 is 22.7 Å². The van der Waals surface area contributed by atoms with E-state index in [2.05, 4.69) is 9.89 Å². The molecule has 34 heavy (non-hydrogen) atoms. The first-order chi connectivity index (χ1) is 16.0. The van der Waals surface area contributed by atoms with Crippen LogP contribution in [0.2, 0.25) is 0 Å². The Hall–Kier alpha value is -2.50. The summed E-state index contributed by atoms with van der Waals surface area (Å²) in [4.78, 5) is 35.0. The summed E-state index contributed by atoms with van der Waals surface area (Å²) in [6.07, 6.45) is 1.72. The minimum atomic E-state index is -3.58. The van der Waals surface area contributed by atoms with Crippen molar-refractivity contribution in [3.05, 3.63) is 24.3 Å². The molecule has 0 spiro atoms. The van der Waals surface area contributed by atoms with Crippen molar-refractivity contribution in [1.29, 1.82) is 0 Å². The van der Waals surface area contributed by atoms with Gasteiger partial charge in [0.1, 0.15) is 5.60 Å². The first-order valence-corrected chi connectivity index (χ1v) is 13.1. The number of amides is 2. The van der Waals surface area contributed by atoms with Crippen LogP contribution in [-0.4, -0.2) is 105 Å². The van der Waals surface area contributed by atoms with Crippen LogP contribution < -0.4 is 4.90 Å². The van der Waals surface area contributed by atoms with Gasteiger partial charge in [-0.1, -0.05) is 0 Å². The molecule has 3 aliphatic rings. The van der Waals surface area contributed by atoms with Crippen molar-refractivity contribution in [2.24, 2.45) is 4.99 Å². The van der Waals surface area contributed by atoms with Gasteiger partial charge in [0.2, 0.25) is 15.9 Å². The number of carbonyl (C=O) groups excluding carboxylic acids is 2. The molecule has 3 aliphatic heterocycles. The summed E-state index contributed by atoms with van der Waals surface area (Å²) in [5, 5.41) is 0. The third-order valence-electron chi connectivity index (χ3n) is 6.27. The van der Waals surface area contributed by atoms with Crippen LogP contribution in [0.4, 0.5) is 10.5 Å². The molecule has 4 rings (SSSR count). The van der Waals surface area contributed by atoms with E-state index in [1.165, 1.54) is 4.31 Å². The largest absolute Gasteiger partial charge is 0.444 e. The van der Waals surface area contributed by atoms with E-state index in [1.54, 1.807) is 40.3 Å². The van der Waals surface area contributed by atoms with Gasteiger partial charge < -0.3 is 14.5 Å². The summed E-state index contributed by atoms with van der Waals surface area (Å²) in [5.74, 6) is 0.0161. The lowest BCUT2D eigenvalue weighted by molar-refractivity contribution is -0.117. The third kappa shape index (κ3) is 5.42. The minimum Gasteiger partial charge on any atom is -0.444 e. The monoisotopic (exact) mass is 491 g/mol. The van der Waals surface area contributed by atoms with Crippen LogP contribution in [0.5, 0.6) is 0 Å². The molecule has 186 valence electrons. The van der Waals surface area contributed by atoms with Gasteiger partial charge in [0, 0.05) is 70.2 Å². The highest BCUT2D eigenvalue weighted by atomic mass is 32.2. The number of sulfonamides is 1. The van der Waals surface area contributed by atoms with E-state index in [9.17, 15) is 18.0 Å². The van der Waals surface area contributed by atoms with Gasteiger partial charge >= 0.3 is 6.09 Å². The van der Waals surface area contributed by atoms with Gasteiger partial charge in [-0.05, 0) is 45.0 Å². The van der Waals surface area contributed by atoms with Crippen LogP contribution in [0.15, 0.2) is 34.2 Å². The van der Waals surface area contributed by atoms with E-state index in [0.717, 1.165) is 0 Å². The van der Waals surface area contributed by atoms with Crippen LogP contribution in [0, 0.1) is 0 Å². The molecule has 3 heterocycles. The lowest BCUT2D eigenvalue weighted by Gasteiger charge is -2.38. The van der Waals surface area contributed by atoms with Gasteiger partial charge in [-0.15, -0.1) is 0 Å². The molecule has 0 radical (unpaired) electrons. The van der Waals surface area contributed by atoms with E-state index in [-0.39, 0.29) is 29.5 Å². The lowest BCUT2D eigenvalue weighted by Crippen LogP contribution is -2.53. The van der Waals surface area contributed by atoms with Crippen LogP contribution in [0.1, 0.15) is 27.2 Å². The van der Waals surface area contributed by atoms with Crippen molar-refractivity contribution >= 4 is 33.9 Å². The Morgan fingerprint density at radius 1 is 1.06 bits per heavy atom. The molecule has 1 aromatic carbocycles. The van der Waals surface area contributed by atoms with Crippen LogP contribution in [0.3, 0.4) is 0 Å². The van der Waals surface area contributed by atoms with Crippen molar-refractivity contribution in [3.8, 4) is 0 Å². The predicted molar refractivity (Wildman–Crippen MR) is 129 cm³/mol. The zero-order valence-corrected chi connectivity index (χ0v) is 20.8. The van der Waals surface area contributed by atoms with E-state index >= 15 is 0 Å². The van der Waals surface area contributed by atoms with Crippen molar-refractivity contribution in [2.45, 2.75) is 43.7 Å². The molecule has 11 heteroatoms. The standard InChI is InChI=1S/C23H33N5O5S/c1-23(2,3)33-22(30)26-14-12-25(13-15-26)19-16-21(29)28(17-19)18-4-6-20(7-5-18)34(31,32)27-10-8-24-9-11-27/h4-8,19H,9-17H2,1-3H3. The second kappa shape index (κ2) is 9.63. The summed E-state index contributed by atoms with van der Waals surface area (Å²) in [6, 6.07) is 6.59. The number of anilines is 1. The normalized spacial score (nSPS) is 22.9. The maximum atomic E-state index is 12.8. The van der Waals surface area contributed by atoms with Crippen molar-refractivity contribution in [2.75, 3.05) is 57.3 Å². The van der Waals surface area contributed by atoms with Gasteiger partial charge in [0.05, 0.1) is 11.4 Å². The van der Waals surface area contributed by atoms with Crippen LogP contribution in [0.25, 0.3) is 0 Å². The topological polar surface area (TPSA) is 103 Å². The fraction of sp³-hybridized carbons (Fsp3) is 0.609. The number of piperazine rings is 1. The molecule has 2 fully saturated rings. The summed E-state index contributed by atoms with van der Waals surface area (Å²) in [5.41, 5.74) is 0.169. The molecular formula is C23H33N5O5S. The van der Waals surface area contributed by atoms with Gasteiger partial charge in [0.15, 0.2) is 0 Å². The smallest absolute Gasteiger partial charge is 0.410 e. The number of aliphatic imine (C=N–C) groups is 1. The fourth-order valence-electron chi connectivity index (χ4n) is 4.45. The molecule has 1 unspecified atom stereocenters. The summed E-state index contributed by atoms with van der Waals surface area (Å²) < 4.78 is 32.5. The Bertz CT molecular complexity index is 1040. The molecule has 0 saturated carbocycles. The number of hydrogen-bond acceptors (Lipinski definition) is 7. The molecule has 1 aromatic rings. The molecule has 0 bridgehead atoms. The van der Waals surface area contributed by atoms with Gasteiger partial charge in [0.25, 0.3) is 0 Å². The molecule has 0 aromatic heterocycles. The Morgan fingerprint density at radius 3 is 2.32 bits per heavy atom. The maximum Gasteiger partial charge on any atom is 0.410 e. The van der Waals surface area contributed by atoms with Crippen LogP contribution in [-0.2, 0) is 19.6 Å². The highest BCUT2D eigenvalue weighted by molar-refractivity contribution is 7.89. The molecule has 10 nitrogen and oxygen atoms in total. The zero-order valence-electron chi connectivity index (χ0n) is 20.0. The first-order valence-electron chi connectivity index (χ1n) is 11.7. The van der Waals surface area contributed by atoms with Gasteiger partial charge in [-0.25, -0.2) is 13.2 Å². The molecule has 0 aliphatic carbocycles. The minimum absolute atomic E-state index is 0.0161. The SMILES string of the molecule is CC(C)(C)OC(=O)N1CCN(C2CC(=O)N(c3ccc(S(=O)(=O)N4CC=NCC4)cc3)C2)CC1. The zero-order chi connectivity index (χ0) is 24.5. The number of benzene rings is 1. The maximum absolute atomic E-state index is 12.8. The summed E-state index contributed by atoms with van der Waals surface area (Å²) in [7, 11) is -3.58. The Morgan fingerprint density at radius 2 is 1.74 bits per heavy atom. The molecule has 0 N–H and O–H groups in total. The Balaban J connectivity index is 1.35. The van der Waals surface area contributed by atoms with E-state index in [4.69, 9.17) is 4.74 Å². The molecule has 2 saturated heterocycles. The number of hydrogen-bond donors (Lipinski definition) is 0. The van der Waals surface area contributed by atoms with Crippen LogP contribution >= 0.6 is 0 Å². The molecular weight excluding hydrogens is 458 g/mol. The molecule has 1 atom stereocenters. The summed E-state index contributed by atoms with van der Waals surface area (Å²) in [6.45, 7) is 9.70. The summed E-state index contributed by atoms with van der Waals surface area (Å²) >= 11 is 0. The third-order valence-corrected chi connectivity index (χ3v) is 8.15. The number of ether oxygens (including phenoxy) is 1.